The van der Waals surface area contributed by atoms with E-state index in [9.17, 15) is 22.0 Å². The van der Waals surface area contributed by atoms with Crippen LogP contribution in [0.2, 0.25) is 0 Å². The summed E-state index contributed by atoms with van der Waals surface area (Å²) in [5, 5.41) is 2.44. The number of amides is 1. The molecule has 2 aliphatic carbocycles. The maximum atomic E-state index is 13.4. The molecule has 0 atom stereocenters. The van der Waals surface area contributed by atoms with Crippen LogP contribution in [0.3, 0.4) is 0 Å². The highest BCUT2D eigenvalue weighted by Gasteiger charge is 2.46. The van der Waals surface area contributed by atoms with Crippen molar-refractivity contribution in [1.29, 1.82) is 0 Å². The summed E-state index contributed by atoms with van der Waals surface area (Å²) in [7, 11) is -3.44. The SMILES string of the molecule is Cc1cc(NC(=O)c2ccc(NS(=O)(=O)C3CC3)cc2N2CCC3(CC2)CC3)nc(N2CC(F)(F)C2)n1. The van der Waals surface area contributed by atoms with Crippen molar-refractivity contribution in [2.24, 2.45) is 5.41 Å². The number of carbonyl (C=O) groups is 1. The quantitative estimate of drug-likeness (QED) is 0.559. The lowest BCUT2D eigenvalue weighted by molar-refractivity contribution is -0.0271. The number of sulfonamides is 1. The lowest BCUT2D eigenvalue weighted by Gasteiger charge is -2.38. The van der Waals surface area contributed by atoms with Crippen molar-refractivity contribution < 1.29 is 22.0 Å². The van der Waals surface area contributed by atoms with Gasteiger partial charge in [0.1, 0.15) is 5.82 Å². The predicted molar refractivity (Wildman–Crippen MR) is 137 cm³/mol. The van der Waals surface area contributed by atoms with Gasteiger partial charge >= 0.3 is 0 Å². The Kier molecular flexibility index (Phi) is 5.59. The van der Waals surface area contributed by atoms with Crippen LogP contribution < -0.4 is 19.8 Å². The molecule has 198 valence electrons. The summed E-state index contributed by atoms with van der Waals surface area (Å²) in [5.41, 5.74) is 2.48. The molecule has 1 amide bonds. The van der Waals surface area contributed by atoms with Gasteiger partial charge < -0.3 is 15.1 Å². The second-order valence-electron chi connectivity index (χ2n) is 10.9. The number of aryl methyl sites for hydroxylation is 1. The van der Waals surface area contributed by atoms with Crippen molar-refractivity contribution >= 4 is 39.1 Å². The van der Waals surface area contributed by atoms with E-state index in [1.165, 1.54) is 17.7 Å². The van der Waals surface area contributed by atoms with E-state index >= 15 is 0 Å². The maximum absolute atomic E-state index is 13.4. The molecule has 3 heterocycles. The number of anilines is 4. The summed E-state index contributed by atoms with van der Waals surface area (Å²) in [6, 6.07) is 6.55. The fourth-order valence-corrected chi connectivity index (χ4v) is 6.55. The van der Waals surface area contributed by atoms with Crippen molar-refractivity contribution in [3.05, 3.63) is 35.5 Å². The van der Waals surface area contributed by atoms with Gasteiger partial charge in [-0.2, -0.15) is 4.98 Å². The fraction of sp³-hybridized carbons (Fsp3) is 0.560. The van der Waals surface area contributed by atoms with Gasteiger partial charge in [-0.1, -0.05) is 0 Å². The number of hydrogen-bond acceptors (Lipinski definition) is 7. The Balaban J connectivity index is 1.26. The van der Waals surface area contributed by atoms with Crippen LogP contribution >= 0.6 is 0 Å². The van der Waals surface area contributed by atoms with Gasteiger partial charge in [0.2, 0.25) is 16.0 Å². The number of rotatable bonds is 7. The maximum Gasteiger partial charge on any atom is 0.282 e. The number of halogens is 2. The number of aromatic nitrogens is 2. The number of carbonyl (C=O) groups excluding carboxylic acids is 1. The second kappa shape index (κ2) is 8.50. The van der Waals surface area contributed by atoms with E-state index in [0.717, 1.165) is 25.9 Å². The number of alkyl halides is 2. The van der Waals surface area contributed by atoms with Crippen molar-refractivity contribution in [1.82, 2.24) is 9.97 Å². The van der Waals surface area contributed by atoms with Crippen LogP contribution in [0.25, 0.3) is 0 Å². The molecule has 1 spiro atoms. The first kappa shape index (κ1) is 24.3. The number of piperidine rings is 1. The normalized spacial score (nSPS) is 21.9. The first-order valence-corrected chi connectivity index (χ1v) is 14.3. The molecule has 4 aliphatic rings. The van der Waals surface area contributed by atoms with Gasteiger partial charge in [-0.3, -0.25) is 9.52 Å². The van der Waals surface area contributed by atoms with Crippen LogP contribution in [0.4, 0.5) is 31.9 Å². The molecule has 2 aliphatic heterocycles. The Morgan fingerprint density at radius 1 is 1.03 bits per heavy atom. The smallest absolute Gasteiger partial charge is 0.282 e. The van der Waals surface area contributed by atoms with Crippen molar-refractivity contribution in [3.8, 4) is 0 Å². The Hall–Kier alpha value is -3.02. The molecular formula is C25H30F2N6O3S. The molecule has 2 saturated carbocycles. The average molecular weight is 533 g/mol. The van der Waals surface area contributed by atoms with Crippen molar-refractivity contribution in [3.63, 3.8) is 0 Å². The van der Waals surface area contributed by atoms with Gasteiger partial charge in [0.15, 0.2) is 0 Å². The second-order valence-corrected chi connectivity index (χ2v) is 12.9. The summed E-state index contributed by atoms with van der Waals surface area (Å²) in [6.07, 6.45) is 5.89. The Bertz CT molecular complexity index is 1340. The molecule has 6 rings (SSSR count). The standard InChI is InChI=1S/C25H30F2N6O3S/c1-16-12-21(30-23(28-16)33-14-25(26,27)15-33)29-22(34)19-5-2-17(31-37(35,36)18-3-4-18)13-20(19)32-10-8-24(6-7-24)9-11-32/h2,5,12-13,18,31H,3-4,6-11,14-15H2,1H3,(H,28,29,30,34). The highest BCUT2D eigenvalue weighted by molar-refractivity contribution is 7.93. The molecule has 1 aromatic heterocycles. The zero-order chi connectivity index (χ0) is 26.0. The highest BCUT2D eigenvalue weighted by atomic mass is 32.2. The molecule has 2 aromatic rings. The molecule has 4 fully saturated rings. The molecule has 1 aromatic carbocycles. The summed E-state index contributed by atoms with van der Waals surface area (Å²) in [6.45, 7) is 2.38. The Morgan fingerprint density at radius 2 is 1.73 bits per heavy atom. The van der Waals surface area contributed by atoms with Gasteiger partial charge in [-0.25, -0.2) is 22.2 Å². The zero-order valence-electron chi connectivity index (χ0n) is 20.6. The van der Waals surface area contributed by atoms with Crippen LogP contribution in [0.15, 0.2) is 24.3 Å². The Morgan fingerprint density at radius 3 is 2.35 bits per heavy atom. The van der Waals surface area contributed by atoms with E-state index in [1.54, 1.807) is 31.2 Å². The first-order chi connectivity index (χ1) is 17.5. The molecule has 2 saturated heterocycles. The third kappa shape index (κ3) is 5.07. The van der Waals surface area contributed by atoms with Gasteiger partial charge in [0.05, 0.1) is 35.3 Å². The number of benzene rings is 1. The minimum Gasteiger partial charge on any atom is -0.371 e. The Labute approximate surface area is 214 Å². The van der Waals surface area contributed by atoms with Crippen molar-refractivity contribution in [2.75, 3.05) is 46.0 Å². The average Bonchev–Trinajstić information content (AvgIpc) is 3.73. The molecule has 12 heteroatoms. The fourth-order valence-electron chi connectivity index (χ4n) is 5.17. The molecule has 37 heavy (non-hydrogen) atoms. The first-order valence-electron chi connectivity index (χ1n) is 12.7. The third-order valence-corrected chi connectivity index (χ3v) is 9.67. The zero-order valence-corrected chi connectivity index (χ0v) is 21.5. The molecule has 9 nitrogen and oxygen atoms in total. The van der Waals surface area contributed by atoms with E-state index in [-0.39, 0.29) is 17.0 Å². The van der Waals surface area contributed by atoms with Gasteiger partial charge in [0.25, 0.3) is 11.8 Å². The van der Waals surface area contributed by atoms with E-state index in [1.807, 2.05) is 0 Å². The highest BCUT2D eigenvalue weighted by Crippen LogP contribution is 2.54. The summed E-state index contributed by atoms with van der Waals surface area (Å²) in [4.78, 5) is 25.5. The summed E-state index contributed by atoms with van der Waals surface area (Å²) >= 11 is 0. The molecular weight excluding hydrogens is 502 g/mol. The van der Waals surface area contributed by atoms with Crippen LogP contribution in [0.5, 0.6) is 0 Å². The minimum atomic E-state index is -3.44. The van der Waals surface area contributed by atoms with Crippen LogP contribution in [0, 0.1) is 12.3 Å². The van der Waals surface area contributed by atoms with Gasteiger partial charge in [-0.15, -0.1) is 0 Å². The number of nitrogens with zero attached hydrogens (tertiary/aromatic N) is 4. The predicted octanol–water partition coefficient (Wildman–Crippen LogP) is 3.78. The monoisotopic (exact) mass is 532 g/mol. The van der Waals surface area contributed by atoms with E-state index < -0.39 is 34.9 Å². The van der Waals surface area contributed by atoms with Gasteiger partial charge in [0, 0.05) is 24.8 Å². The molecule has 0 radical (unpaired) electrons. The summed E-state index contributed by atoms with van der Waals surface area (Å²) in [5.74, 6) is -2.79. The molecule has 0 unspecified atom stereocenters. The number of hydrogen-bond donors (Lipinski definition) is 2. The van der Waals surface area contributed by atoms with Crippen LogP contribution in [0.1, 0.15) is 54.6 Å². The summed E-state index contributed by atoms with van der Waals surface area (Å²) < 4.78 is 54.4. The number of nitrogens with one attached hydrogen (secondary N) is 2. The molecule has 2 N–H and O–H groups in total. The van der Waals surface area contributed by atoms with Crippen molar-refractivity contribution in [2.45, 2.75) is 56.6 Å². The van der Waals surface area contributed by atoms with Crippen LogP contribution in [-0.4, -0.2) is 61.6 Å². The van der Waals surface area contributed by atoms with E-state index in [2.05, 4.69) is 24.9 Å². The lowest BCUT2D eigenvalue weighted by Crippen LogP contribution is -2.57. The molecule has 0 bridgehead atoms. The third-order valence-electron chi connectivity index (χ3n) is 7.80. The topological polar surface area (TPSA) is 108 Å². The van der Waals surface area contributed by atoms with Crippen LogP contribution in [-0.2, 0) is 10.0 Å². The lowest BCUT2D eigenvalue weighted by atomic mass is 9.93. The minimum absolute atomic E-state index is 0.150. The van der Waals surface area contributed by atoms with Gasteiger partial charge in [-0.05, 0) is 69.1 Å². The van der Waals surface area contributed by atoms with E-state index in [4.69, 9.17) is 0 Å². The largest absolute Gasteiger partial charge is 0.371 e. The van der Waals surface area contributed by atoms with E-state index in [0.29, 0.717) is 40.9 Å².